The number of alkyl carbamates (subject to hydrolysis) is 1. The molecule has 12 heteroatoms. The van der Waals surface area contributed by atoms with Crippen LogP contribution in [0.3, 0.4) is 0 Å². The van der Waals surface area contributed by atoms with Crippen molar-refractivity contribution >= 4 is 22.7 Å². The number of carbonyl (C=O) groups is 1. The van der Waals surface area contributed by atoms with Crippen LogP contribution in [0.25, 0.3) is 11.3 Å². The van der Waals surface area contributed by atoms with Gasteiger partial charge in [-0.3, -0.25) is 0 Å². The van der Waals surface area contributed by atoms with E-state index in [-0.39, 0.29) is 22.7 Å². The summed E-state index contributed by atoms with van der Waals surface area (Å²) in [4.78, 5) is 20.0. The van der Waals surface area contributed by atoms with E-state index < -0.39 is 34.4 Å². The van der Waals surface area contributed by atoms with Crippen LogP contribution in [0.4, 0.5) is 4.79 Å². The van der Waals surface area contributed by atoms with Crippen LogP contribution in [0.15, 0.2) is 47.2 Å². The minimum Gasteiger partial charge on any atom is -0.444 e. The Morgan fingerprint density at radius 3 is 2.20 bits per heavy atom. The van der Waals surface area contributed by atoms with Crippen LogP contribution < -0.4 is 5.32 Å². The number of nitrogens with one attached hydrogen (secondary N) is 1. The van der Waals surface area contributed by atoms with Crippen molar-refractivity contribution in [3.05, 3.63) is 59.8 Å². The number of hydrogen-bond donors (Lipinski definition) is 1. The lowest BCUT2D eigenvalue weighted by molar-refractivity contribution is 0.0521. The van der Waals surface area contributed by atoms with Gasteiger partial charge >= 0.3 is 6.09 Å². The molecule has 1 aliphatic heterocycles. The van der Waals surface area contributed by atoms with Crippen molar-refractivity contribution in [2.24, 2.45) is 17.8 Å². The van der Waals surface area contributed by atoms with E-state index in [1.54, 1.807) is 6.20 Å². The highest BCUT2D eigenvalue weighted by Crippen LogP contribution is 2.51. The molecule has 1 saturated carbocycles. The molecule has 0 unspecified atom stereocenters. The van der Waals surface area contributed by atoms with E-state index >= 15 is 0 Å². The number of fused-ring (bicyclic) bond motifs is 1. The molecule has 3 aromatic rings. The highest BCUT2D eigenvalue weighted by atomic mass is 28.4. The number of carbonyl (C=O) groups excluding carboxylic acids is 1. The Labute approximate surface area is 326 Å². The van der Waals surface area contributed by atoms with Gasteiger partial charge in [0, 0.05) is 68.3 Å². The molecule has 3 heterocycles. The van der Waals surface area contributed by atoms with Gasteiger partial charge in [0.15, 0.2) is 22.4 Å². The molecule has 5 atom stereocenters. The summed E-state index contributed by atoms with van der Waals surface area (Å²) < 4.78 is 26.6. The van der Waals surface area contributed by atoms with Gasteiger partial charge in [0.2, 0.25) is 0 Å². The van der Waals surface area contributed by atoms with Crippen LogP contribution in [0.5, 0.6) is 0 Å². The van der Waals surface area contributed by atoms with Crippen molar-refractivity contribution in [2.75, 3.05) is 32.8 Å². The van der Waals surface area contributed by atoms with Crippen LogP contribution in [0.1, 0.15) is 98.5 Å². The Balaban J connectivity index is 1.24. The minimum atomic E-state index is -2.09. The Morgan fingerprint density at radius 2 is 1.61 bits per heavy atom. The number of hydrogen-bond acceptors (Lipinski definition) is 8. The Hall–Kier alpha value is -3.22. The van der Waals surface area contributed by atoms with E-state index in [0.717, 1.165) is 43.2 Å². The van der Waals surface area contributed by atoms with Gasteiger partial charge in [-0.25, -0.2) is 9.78 Å². The summed E-state index contributed by atoms with van der Waals surface area (Å²) in [5.41, 5.74) is 1.92. The third-order valence-corrected chi connectivity index (χ3v) is 21.0. The second-order valence-electron chi connectivity index (χ2n) is 19.3. The molecule has 10 nitrogen and oxygen atoms in total. The van der Waals surface area contributed by atoms with Gasteiger partial charge in [0.1, 0.15) is 23.2 Å². The molecule has 2 aromatic heterocycles. The number of ether oxygens (including phenoxy) is 1. The molecule has 1 aliphatic carbocycles. The summed E-state index contributed by atoms with van der Waals surface area (Å²) in [6, 6.07) is 9.66. The van der Waals surface area contributed by atoms with Gasteiger partial charge in [-0.1, -0.05) is 58.5 Å². The number of benzene rings is 1. The molecule has 2 aliphatic rings. The Morgan fingerprint density at radius 1 is 0.981 bits per heavy atom. The average molecular weight is 776 g/mol. The highest BCUT2D eigenvalue weighted by Gasteiger charge is 2.54. The van der Waals surface area contributed by atoms with Gasteiger partial charge in [0.25, 0.3) is 0 Å². The first-order valence-corrected chi connectivity index (χ1v) is 25.4. The summed E-state index contributed by atoms with van der Waals surface area (Å²) in [6.45, 7) is 34.5. The summed E-state index contributed by atoms with van der Waals surface area (Å²) in [5.74, 6) is 10.2. The predicted molar refractivity (Wildman–Crippen MR) is 220 cm³/mol. The van der Waals surface area contributed by atoms with Crippen molar-refractivity contribution in [1.82, 2.24) is 24.9 Å². The van der Waals surface area contributed by atoms with Crippen molar-refractivity contribution in [1.29, 1.82) is 0 Å². The Kier molecular flexibility index (Phi) is 12.2. The average Bonchev–Trinajstić information content (AvgIpc) is 3.54. The monoisotopic (exact) mass is 775 g/mol. The third kappa shape index (κ3) is 10.1. The van der Waals surface area contributed by atoms with E-state index in [2.05, 4.69) is 94.9 Å². The maximum absolute atomic E-state index is 12.8. The molecule has 1 amide bonds. The van der Waals surface area contributed by atoms with Gasteiger partial charge in [-0.2, -0.15) is 0 Å². The number of likely N-dealkylation sites (tertiary alicyclic amines) is 1. The van der Waals surface area contributed by atoms with Gasteiger partial charge < -0.3 is 32.9 Å². The molecule has 296 valence electrons. The summed E-state index contributed by atoms with van der Waals surface area (Å²) in [7, 11) is -3.80. The molecule has 0 bridgehead atoms. The zero-order valence-corrected chi connectivity index (χ0v) is 37.3. The number of nitrogens with zero attached hydrogens (tertiary/aromatic N) is 4. The highest BCUT2D eigenvalue weighted by molar-refractivity contribution is 6.74. The fraction of sp³-hybridized carbons (Fsp3) is 0.643. The van der Waals surface area contributed by atoms with Crippen LogP contribution in [0.2, 0.25) is 36.3 Å². The largest absolute Gasteiger partial charge is 0.444 e. The zero-order valence-electron chi connectivity index (χ0n) is 35.3. The van der Waals surface area contributed by atoms with Crippen molar-refractivity contribution < 1.29 is 22.9 Å². The maximum atomic E-state index is 12.8. The maximum Gasteiger partial charge on any atom is 0.407 e. The van der Waals surface area contributed by atoms with Gasteiger partial charge in [0.05, 0.1) is 6.04 Å². The summed E-state index contributed by atoms with van der Waals surface area (Å²) >= 11 is 0. The first-order valence-electron chi connectivity index (χ1n) is 19.6. The molecule has 2 fully saturated rings. The number of piperidine rings is 1. The topological polar surface area (TPSA) is 104 Å². The third-order valence-electron chi connectivity index (χ3n) is 11.9. The van der Waals surface area contributed by atoms with Crippen LogP contribution in [-0.4, -0.2) is 80.7 Å². The van der Waals surface area contributed by atoms with Crippen molar-refractivity contribution in [2.45, 2.75) is 123 Å². The molecule has 5 rings (SSSR count). The normalized spacial score (nSPS) is 20.5. The SMILES string of the molecule is C[C@H](O[Si](C)(C)C(C)(C)C)c1nccn1[C@H](CNC(=O)OC(C)(C)C)c1cc(-c2ccc(C#C[C@@H]3[C@H]4CN(CCO[Si](C)(C)C(C)(C)C)C[C@@H]34)cc2)on1. The van der Waals surface area contributed by atoms with Crippen LogP contribution in [0, 0.1) is 29.6 Å². The molecule has 54 heavy (non-hydrogen) atoms. The molecule has 0 spiro atoms. The van der Waals surface area contributed by atoms with Crippen LogP contribution in [-0.2, 0) is 13.6 Å². The number of rotatable bonds is 12. The lowest BCUT2D eigenvalue weighted by Gasteiger charge is -2.38. The van der Waals surface area contributed by atoms with E-state index in [1.165, 1.54) is 0 Å². The molecule has 1 saturated heterocycles. The summed E-state index contributed by atoms with van der Waals surface area (Å²) in [5, 5.41) is 7.72. The van der Waals surface area contributed by atoms with Gasteiger partial charge in [-0.15, -0.1) is 0 Å². The Bertz CT molecular complexity index is 1790. The second-order valence-corrected chi connectivity index (χ2v) is 28.9. The summed E-state index contributed by atoms with van der Waals surface area (Å²) in [6.07, 6.45) is 2.89. The first kappa shape index (κ1) is 41.9. The van der Waals surface area contributed by atoms with Crippen molar-refractivity contribution in [3.63, 3.8) is 0 Å². The van der Waals surface area contributed by atoms with E-state index in [0.29, 0.717) is 29.2 Å². The van der Waals surface area contributed by atoms with Gasteiger partial charge in [-0.05, 0) is 100 Å². The smallest absolute Gasteiger partial charge is 0.407 e. The van der Waals surface area contributed by atoms with E-state index in [4.69, 9.17) is 23.1 Å². The molecule has 1 aromatic carbocycles. The lowest BCUT2D eigenvalue weighted by atomic mass is 10.1. The lowest BCUT2D eigenvalue weighted by Crippen LogP contribution is -2.42. The quantitative estimate of drug-likeness (QED) is 0.144. The van der Waals surface area contributed by atoms with E-state index in [1.807, 2.05) is 68.8 Å². The zero-order chi connectivity index (χ0) is 39.9. The van der Waals surface area contributed by atoms with Crippen molar-refractivity contribution in [3.8, 4) is 23.2 Å². The number of imidazole rings is 1. The number of amides is 1. The number of aromatic nitrogens is 3. The molecular formula is C42H65N5O5Si2. The van der Waals surface area contributed by atoms with Crippen LogP contribution >= 0.6 is 0 Å². The molecule has 0 radical (unpaired) electrons. The fourth-order valence-electron chi connectivity index (χ4n) is 6.54. The predicted octanol–water partition coefficient (Wildman–Crippen LogP) is 9.29. The van der Waals surface area contributed by atoms with E-state index in [9.17, 15) is 4.79 Å². The second kappa shape index (κ2) is 15.7. The standard InChI is InChI=1S/C42H65N5O5Si2/c1-29(52-54(13,14)42(8,9)10)38-43-21-22-47(38)36(26-44-39(48)50-40(2,3)4)35-25-37(51-45-35)31-18-15-30(16-19-31)17-20-32-33-27-46(28-34(32)33)23-24-49-53(11,12)41(5,6)7/h15-16,18-19,21-22,25,29,32-34,36H,23-24,26-28H2,1-14H3,(H,44,48)/t29-,32-,33-,34+,36+/m0/s1. The fourth-order valence-corrected chi connectivity index (χ4v) is 8.91. The molecule has 1 N–H and O–H groups in total. The molecular weight excluding hydrogens is 711 g/mol. The minimum absolute atomic E-state index is 0.0397. The first-order chi connectivity index (χ1) is 25.0.